The van der Waals surface area contributed by atoms with Gasteiger partial charge in [0.05, 0.1) is 19.3 Å². The number of nitrogens with one attached hydrogen (secondary N) is 1. The monoisotopic (exact) mass is 266 g/mol. The molecule has 0 spiro atoms. The lowest BCUT2D eigenvalue weighted by atomic mass is 10.0. The van der Waals surface area contributed by atoms with Crippen LogP contribution in [0.3, 0.4) is 0 Å². The van der Waals surface area contributed by atoms with Gasteiger partial charge < -0.3 is 20.1 Å². The fourth-order valence-electron chi connectivity index (χ4n) is 2.04. The maximum Gasteiger partial charge on any atom is 0.119 e. The van der Waals surface area contributed by atoms with E-state index in [1.165, 1.54) is 0 Å². The summed E-state index contributed by atoms with van der Waals surface area (Å²) in [7, 11) is 3.69. The van der Waals surface area contributed by atoms with Gasteiger partial charge in [0.2, 0.25) is 0 Å². The molecular formula is C15H26N2O2. The Labute approximate surface area is 116 Å². The number of benzene rings is 1. The molecule has 108 valence electrons. The summed E-state index contributed by atoms with van der Waals surface area (Å²) in [4.78, 5) is 2.14. The van der Waals surface area contributed by atoms with Gasteiger partial charge in [-0.2, -0.15) is 0 Å². The highest BCUT2D eigenvalue weighted by Gasteiger charge is 2.24. The van der Waals surface area contributed by atoms with E-state index in [1.54, 1.807) is 7.11 Å². The number of anilines is 1. The summed E-state index contributed by atoms with van der Waals surface area (Å²) in [6.45, 7) is 5.94. The van der Waals surface area contributed by atoms with E-state index in [9.17, 15) is 5.11 Å². The number of hydrogen-bond donors (Lipinski definition) is 2. The fraction of sp³-hybridized carbons (Fsp3) is 0.600. The lowest BCUT2D eigenvalue weighted by Gasteiger charge is -2.34. The van der Waals surface area contributed by atoms with Crippen LogP contribution in [0.1, 0.15) is 20.3 Å². The van der Waals surface area contributed by atoms with Crippen molar-refractivity contribution < 1.29 is 9.84 Å². The molecule has 1 aromatic rings. The van der Waals surface area contributed by atoms with Crippen LogP contribution in [0.25, 0.3) is 0 Å². The van der Waals surface area contributed by atoms with Crippen LogP contribution in [-0.4, -0.2) is 44.5 Å². The molecule has 0 aromatic heterocycles. The number of nitrogens with zero attached hydrogens (tertiary/aromatic N) is 1. The Balaban J connectivity index is 2.67. The minimum Gasteiger partial charge on any atom is -0.497 e. The highest BCUT2D eigenvalue weighted by Crippen LogP contribution is 2.19. The predicted molar refractivity (Wildman–Crippen MR) is 80.0 cm³/mol. The third kappa shape index (κ3) is 4.73. The van der Waals surface area contributed by atoms with Crippen LogP contribution in [0.15, 0.2) is 24.3 Å². The first-order valence-corrected chi connectivity index (χ1v) is 6.75. The molecule has 0 heterocycles. The van der Waals surface area contributed by atoms with Gasteiger partial charge in [-0.05, 0) is 44.2 Å². The van der Waals surface area contributed by atoms with E-state index in [-0.39, 0.29) is 12.1 Å². The lowest BCUT2D eigenvalue weighted by Crippen LogP contribution is -2.53. The van der Waals surface area contributed by atoms with E-state index in [4.69, 9.17) is 4.74 Å². The largest absolute Gasteiger partial charge is 0.497 e. The topological polar surface area (TPSA) is 44.7 Å². The van der Waals surface area contributed by atoms with Crippen molar-refractivity contribution in [3.8, 4) is 5.75 Å². The number of ether oxygens (including phenoxy) is 1. The summed E-state index contributed by atoms with van der Waals surface area (Å²) in [6, 6.07) is 7.94. The van der Waals surface area contributed by atoms with Crippen LogP contribution in [-0.2, 0) is 0 Å². The van der Waals surface area contributed by atoms with E-state index < -0.39 is 0 Å². The van der Waals surface area contributed by atoms with Gasteiger partial charge in [-0.15, -0.1) is 0 Å². The zero-order chi connectivity index (χ0) is 14.3. The first-order chi connectivity index (χ1) is 9.04. The van der Waals surface area contributed by atoms with Crippen molar-refractivity contribution in [1.82, 2.24) is 5.32 Å². The maximum absolute atomic E-state index is 9.58. The van der Waals surface area contributed by atoms with E-state index in [0.717, 1.165) is 30.9 Å². The number of aliphatic hydroxyl groups is 1. The summed E-state index contributed by atoms with van der Waals surface area (Å²) < 4.78 is 5.15. The lowest BCUT2D eigenvalue weighted by molar-refractivity contribution is 0.179. The van der Waals surface area contributed by atoms with Gasteiger partial charge in [-0.25, -0.2) is 0 Å². The van der Waals surface area contributed by atoms with E-state index in [1.807, 2.05) is 38.2 Å². The Hall–Kier alpha value is -1.26. The molecule has 0 fully saturated rings. The summed E-state index contributed by atoms with van der Waals surface area (Å²) in [5, 5.41) is 13.0. The molecule has 0 amide bonds. The highest BCUT2D eigenvalue weighted by atomic mass is 16.5. The van der Waals surface area contributed by atoms with Gasteiger partial charge in [0.1, 0.15) is 5.75 Å². The molecule has 0 saturated carbocycles. The first-order valence-electron chi connectivity index (χ1n) is 6.75. The molecule has 0 aliphatic carbocycles. The molecule has 1 rings (SSSR count). The van der Waals surface area contributed by atoms with Crippen molar-refractivity contribution in [1.29, 1.82) is 0 Å². The Morgan fingerprint density at radius 3 is 2.42 bits per heavy atom. The third-order valence-electron chi connectivity index (χ3n) is 3.25. The smallest absolute Gasteiger partial charge is 0.119 e. The number of aliphatic hydroxyl groups excluding tert-OH is 1. The van der Waals surface area contributed by atoms with Gasteiger partial charge >= 0.3 is 0 Å². The second-order valence-electron chi connectivity index (χ2n) is 5.20. The number of hydrogen-bond acceptors (Lipinski definition) is 4. The normalized spacial score (nSPS) is 13.9. The molecule has 4 heteroatoms. The van der Waals surface area contributed by atoms with Crippen LogP contribution in [0.4, 0.5) is 5.69 Å². The van der Waals surface area contributed by atoms with Gasteiger partial charge in [0.25, 0.3) is 0 Å². The third-order valence-corrected chi connectivity index (χ3v) is 3.25. The van der Waals surface area contributed by atoms with E-state index >= 15 is 0 Å². The summed E-state index contributed by atoms with van der Waals surface area (Å²) >= 11 is 0. The molecule has 0 aliphatic heterocycles. The molecule has 0 saturated heterocycles. The standard InChI is InChI=1S/C15H26N2O2/c1-5-10-16-15(2,12-18)11-17(3)13-6-8-14(19-4)9-7-13/h6-9,16,18H,5,10-12H2,1-4H3. The fourth-order valence-corrected chi connectivity index (χ4v) is 2.04. The zero-order valence-corrected chi connectivity index (χ0v) is 12.4. The van der Waals surface area contributed by atoms with Gasteiger partial charge in [-0.1, -0.05) is 6.92 Å². The second kappa shape index (κ2) is 7.36. The number of rotatable bonds is 8. The Morgan fingerprint density at radius 1 is 1.32 bits per heavy atom. The number of likely N-dealkylation sites (N-methyl/N-ethyl adjacent to an activating group) is 1. The van der Waals surface area contributed by atoms with Crippen LogP contribution >= 0.6 is 0 Å². The molecule has 1 unspecified atom stereocenters. The SMILES string of the molecule is CCCNC(C)(CO)CN(C)c1ccc(OC)cc1. The summed E-state index contributed by atoms with van der Waals surface area (Å²) in [5.41, 5.74) is 0.823. The number of methoxy groups -OCH3 is 1. The zero-order valence-electron chi connectivity index (χ0n) is 12.4. The van der Waals surface area contributed by atoms with Gasteiger partial charge in [-0.3, -0.25) is 0 Å². The minimum absolute atomic E-state index is 0.119. The average Bonchev–Trinajstić information content (AvgIpc) is 2.45. The molecule has 19 heavy (non-hydrogen) atoms. The summed E-state index contributed by atoms with van der Waals surface area (Å²) in [6.07, 6.45) is 1.06. The molecule has 0 aliphatic rings. The Kier molecular flexibility index (Phi) is 6.12. The quantitative estimate of drug-likeness (QED) is 0.754. The van der Waals surface area contributed by atoms with Crippen LogP contribution < -0.4 is 15.0 Å². The van der Waals surface area contributed by atoms with Gasteiger partial charge in [0, 0.05) is 19.3 Å². The van der Waals surface area contributed by atoms with Crippen molar-refractivity contribution in [2.24, 2.45) is 0 Å². The van der Waals surface area contributed by atoms with Crippen molar-refractivity contribution >= 4 is 5.69 Å². The van der Waals surface area contributed by atoms with Crippen LogP contribution in [0.2, 0.25) is 0 Å². The van der Waals surface area contributed by atoms with Gasteiger partial charge in [0.15, 0.2) is 0 Å². The Morgan fingerprint density at radius 2 is 1.95 bits per heavy atom. The molecule has 0 bridgehead atoms. The summed E-state index contributed by atoms with van der Waals surface area (Å²) in [5.74, 6) is 0.853. The molecular weight excluding hydrogens is 240 g/mol. The van der Waals surface area contributed by atoms with Crippen molar-refractivity contribution in [2.45, 2.75) is 25.8 Å². The van der Waals surface area contributed by atoms with Crippen molar-refractivity contribution in [3.63, 3.8) is 0 Å². The minimum atomic E-state index is -0.287. The maximum atomic E-state index is 9.58. The predicted octanol–water partition coefficient (Wildman–Crippen LogP) is 1.88. The van der Waals surface area contributed by atoms with Crippen molar-refractivity contribution in [2.75, 3.05) is 38.8 Å². The highest BCUT2D eigenvalue weighted by molar-refractivity contribution is 5.48. The first kappa shape index (κ1) is 15.8. The molecule has 1 aromatic carbocycles. The average molecular weight is 266 g/mol. The van der Waals surface area contributed by atoms with Crippen LogP contribution in [0.5, 0.6) is 5.75 Å². The second-order valence-corrected chi connectivity index (χ2v) is 5.20. The van der Waals surface area contributed by atoms with Crippen molar-refractivity contribution in [3.05, 3.63) is 24.3 Å². The molecule has 4 nitrogen and oxygen atoms in total. The molecule has 0 radical (unpaired) electrons. The molecule has 1 atom stereocenters. The van der Waals surface area contributed by atoms with Crippen LogP contribution in [0, 0.1) is 0 Å². The van der Waals surface area contributed by atoms with E-state index in [2.05, 4.69) is 17.1 Å². The van der Waals surface area contributed by atoms with E-state index in [0.29, 0.717) is 0 Å². The molecule has 2 N–H and O–H groups in total. The Bertz CT molecular complexity index is 367.